The van der Waals surface area contributed by atoms with Crippen LogP contribution in [-0.2, 0) is 6.54 Å². The van der Waals surface area contributed by atoms with Gasteiger partial charge in [-0.05, 0) is 19.8 Å². The Morgan fingerprint density at radius 3 is 2.65 bits per heavy atom. The van der Waals surface area contributed by atoms with Crippen LogP contribution in [0, 0.1) is 12.3 Å². The minimum absolute atomic E-state index is 0.0727. The highest BCUT2D eigenvalue weighted by atomic mass is 16.6. The predicted octanol–water partition coefficient (Wildman–Crippen LogP) is 1.41. The summed E-state index contributed by atoms with van der Waals surface area (Å²) >= 11 is 0. The van der Waals surface area contributed by atoms with E-state index in [4.69, 9.17) is 0 Å². The van der Waals surface area contributed by atoms with Crippen LogP contribution in [-0.4, -0.2) is 28.6 Å². The van der Waals surface area contributed by atoms with Gasteiger partial charge in [-0.15, -0.1) is 0 Å². The summed E-state index contributed by atoms with van der Waals surface area (Å²) in [5, 5.41) is 20.5. The molecule has 2 rings (SSSR count). The second-order valence-electron chi connectivity index (χ2n) is 5.12. The van der Waals surface area contributed by atoms with E-state index in [-0.39, 0.29) is 12.0 Å². The van der Waals surface area contributed by atoms with Crippen LogP contribution in [0.5, 0.6) is 0 Å². The summed E-state index contributed by atoms with van der Waals surface area (Å²) < 4.78 is 4.65. The van der Waals surface area contributed by atoms with Gasteiger partial charge in [-0.25, -0.2) is 4.63 Å². The van der Waals surface area contributed by atoms with E-state index < -0.39 is 0 Å². The van der Waals surface area contributed by atoms with E-state index in [2.05, 4.69) is 20.3 Å². The molecular formula is C12H21N3O2. The summed E-state index contributed by atoms with van der Waals surface area (Å²) in [6.07, 6.45) is 5.99. The highest BCUT2D eigenvalue weighted by molar-refractivity contribution is 5.04. The third-order valence-electron chi connectivity index (χ3n) is 3.79. The molecule has 1 aromatic rings. The van der Waals surface area contributed by atoms with Gasteiger partial charge in [0, 0.05) is 25.1 Å². The van der Waals surface area contributed by atoms with Crippen molar-refractivity contribution in [3.05, 3.63) is 11.4 Å². The number of rotatable bonds is 5. The van der Waals surface area contributed by atoms with Crippen LogP contribution in [0.3, 0.4) is 0 Å². The summed E-state index contributed by atoms with van der Waals surface area (Å²) in [5.74, 6) is 0. The molecule has 0 bridgehead atoms. The second kappa shape index (κ2) is 5.60. The minimum Gasteiger partial charge on any atom is -0.396 e. The van der Waals surface area contributed by atoms with Crippen LogP contribution < -0.4 is 5.32 Å². The molecule has 0 unspecified atom stereocenters. The first-order chi connectivity index (χ1) is 8.26. The van der Waals surface area contributed by atoms with E-state index in [0.717, 1.165) is 30.8 Å². The van der Waals surface area contributed by atoms with Gasteiger partial charge in [0.25, 0.3) is 0 Å². The molecule has 0 radical (unpaired) electrons. The van der Waals surface area contributed by atoms with Gasteiger partial charge in [0.05, 0.1) is 0 Å². The lowest BCUT2D eigenvalue weighted by Crippen LogP contribution is -2.38. The number of aliphatic hydroxyl groups excluding tert-OH is 1. The molecule has 5 nitrogen and oxygen atoms in total. The number of aliphatic hydroxyl groups is 1. The van der Waals surface area contributed by atoms with E-state index in [1.54, 1.807) is 0 Å². The zero-order valence-electron chi connectivity index (χ0n) is 10.4. The molecule has 0 aromatic carbocycles. The summed E-state index contributed by atoms with van der Waals surface area (Å²) in [6.45, 7) is 3.67. The van der Waals surface area contributed by atoms with Gasteiger partial charge in [0.2, 0.25) is 0 Å². The van der Waals surface area contributed by atoms with E-state index in [9.17, 15) is 5.11 Å². The van der Waals surface area contributed by atoms with Gasteiger partial charge >= 0.3 is 0 Å². The van der Waals surface area contributed by atoms with E-state index in [0.29, 0.717) is 6.54 Å². The fourth-order valence-corrected chi connectivity index (χ4v) is 2.55. The quantitative estimate of drug-likeness (QED) is 0.813. The van der Waals surface area contributed by atoms with Gasteiger partial charge in [-0.2, -0.15) is 0 Å². The van der Waals surface area contributed by atoms with Gasteiger partial charge in [-0.1, -0.05) is 29.6 Å². The predicted molar refractivity (Wildman–Crippen MR) is 63.3 cm³/mol. The van der Waals surface area contributed by atoms with E-state index >= 15 is 0 Å². The van der Waals surface area contributed by atoms with Crippen LogP contribution in [0.1, 0.15) is 43.5 Å². The molecule has 0 aliphatic heterocycles. The summed E-state index contributed by atoms with van der Waals surface area (Å²) in [4.78, 5) is 0. The number of aromatic nitrogens is 2. The normalized spacial score (nSPS) is 19.4. The lowest BCUT2D eigenvalue weighted by Gasteiger charge is -2.35. The fourth-order valence-electron chi connectivity index (χ4n) is 2.55. The molecule has 1 aliphatic rings. The molecule has 1 fully saturated rings. The van der Waals surface area contributed by atoms with Crippen molar-refractivity contribution >= 4 is 0 Å². The van der Waals surface area contributed by atoms with Gasteiger partial charge < -0.3 is 10.4 Å². The third-order valence-corrected chi connectivity index (χ3v) is 3.79. The average Bonchev–Trinajstić information content (AvgIpc) is 2.76. The highest BCUT2D eigenvalue weighted by Crippen LogP contribution is 2.35. The maximum Gasteiger partial charge on any atom is 0.121 e. The maximum atomic E-state index is 9.57. The van der Waals surface area contributed by atoms with E-state index in [1.165, 1.54) is 19.3 Å². The van der Waals surface area contributed by atoms with Gasteiger partial charge in [0.1, 0.15) is 11.4 Å². The van der Waals surface area contributed by atoms with Crippen molar-refractivity contribution in [2.75, 3.05) is 13.2 Å². The monoisotopic (exact) mass is 239 g/mol. The Hall–Kier alpha value is -0.940. The minimum atomic E-state index is 0.0727. The van der Waals surface area contributed by atoms with Crippen LogP contribution in [0.15, 0.2) is 4.63 Å². The lowest BCUT2D eigenvalue weighted by atomic mass is 9.74. The topological polar surface area (TPSA) is 71.2 Å². The molecule has 96 valence electrons. The molecular weight excluding hydrogens is 218 g/mol. The number of hydrogen-bond acceptors (Lipinski definition) is 5. The number of nitrogens with zero attached hydrogens (tertiary/aromatic N) is 2. The molecule has 0 amide bonds. The molecule has 1 heterocycles. The van der Waals surface area contributed by atoms with Crippen LogP contribution in [0.25, 0.3) is 0 Å². The Morgan fingerprint density at radius 2 is 2.06 bits per heavy atom. The largest absolute Gasteiger partial charge is 0.396 e. The number of aryl methyl sites for hydroxylation is 1. The molecule has 0 saturated heterocycles. The molecule has 5 heteroatoms. The van der Waals surface area contributed by atoms with Crippen LogP contribution in [0.2, 0.25) is 0 Å². The summed E-state index contributed by atoms with van der Waals surface area (Å²) in [5.41, 5.74) is 1.76. The summed E-state index contributed by atoms with van der Waals surface area (Å²) in [7, 11) is 0. The Bertz CT molecular complexity index is 345. The lowest BCUT2D eigenvalue weighted by molar-refractivity contribution is 0.0809. The smallest absolute Gasteiger partial charge is 0.121 e. The van der Waals surface area contributed by atoms with E-state index in [1.807, 2.05) is 6.92 Å². The molecule has 1 aliphatic carbocycles. The second-order valence-corrected chi connectivity index (χ2v) is 5.12. The number of nitrogens with one attached hydrogen (secondary N) is 1. The molecule has 17 heavy (non-hydrogen) atoms. The first-order valence-electron chi connectivity index (χ1n) is 6.35. The summed E-state index contributed by atoms with van der Waals surface area (Å²) in [6, 6.07) is 0. The Labute approximate surface area is 102 Å². The van der Waals surface area contributed by atoms with Crippen LogP contribution in [0.4, 0.5) is 0 Å². The third kappa shape index (κ3) is 3.04. The first-order valence-corrected chi connectivity index (χ1v) is 6.35. The standard InChI is InChI=1S/C12H21N3O2/c1-10-11(15-17-14-10)7-13-8-12(9-16)5-3-2-4-6-12/h13,16H,2-9H2,1H3. The fraction of sp³-hybridized carbons (Fsp3) is 0.833. The average molecular weight is 239 g/mol. The first kappa shape index (κ1) is 12.5. The molecule has 0 atom stereocenters. The SMILES string of the molecule is Cc1nonc1CNCC1(CO)CCCCC1. The molecule has 2 N–H and O–H groups in total. The molecule has 0 spiro atoms. The Kier molecular flexibility index (Phi) is 4.12. The van der Waals surface area contributed by atoms with Crippen molar-refractivity contribution in [1.82, 2.24) is 15.6 Å². The zero-order valence-corrected chi connectivity index (χ0v) is 10.4. The zero-order chi connectivity index (χ0) is 12.1. The van der Waals surface area contributed by atoms with Crippen molar-refractivity contribution in [1.29, 1.82) is 0 Å². The Morgan fingerprint density at radius 1 is 1.29 bits per heavy atom. The van der Waals surface area contributed by atoms with Crippen molar-refractivity contribution in [3.8, 4) is 0 Å². The van der Waals surface area contributed by atoms with Crippen molar-refractivity contribution in [3.63, 3.8) is 0 Å². The highest BCUT2D eigenvalue weighted by Gasteiger charge is 2.30. The Balaban J connectivity index is 1.82. The van der Waals surface area contributed by atoms with Gasteiger partial charge in [-0.3, -0.25) is 0 Å². The van der Waals surface area contributed by atoms with Crippen LogP contribution >= 0.6 is 0 Å². The number of hydrogen-bond donors (Lipinski definition) is 2. The molecule has 1 aromatic heterocycles. The van der Waals surface area contributed by atoms with Crippen molar-refractivity contribution in [2.45, 2.75) is 45.6 Å². The van der Waals surface area contributed by atoms with Crippen molar-refractivity contribution < 1.29 is 9.74 Å². The van der Waals surface area contributed by atoms with Gasteiger partial charge in [0.15, 0.2) is 0 Å². The van der Waals surface area contributed by atoms with Crippen molar-refractivity contribution in [2.24, 2.45) is 5.41 Å². The maximum absolute atomic E-state index is 9.57. The molecule has 1 saturated carbocycles.